The Balaban J connectivity index is 2.89. The van der Waals surface area contributed by atoms with Gasteiger partial charge in [-0.3, -0.25) is 4.90 Å². The average molecular weight is 269 g/mol. The predicted molar refractivity (Wildman–Crippen MR) is 75.1 cm³/mol. The van der Waals surface area contributed by atoms with Gasteiger partial charge < -0.3 is 9.53 Å². The fourth-order valence-electron chi connectivity index (χ4n) is 2.63. The number of nitrogens with zero attached hydrogens (tertiary/aromatic N) is 1. The van der Waals surface area contributed by atoms with E-state index in [1.807, 2.05) is 20.8 Å². The molecule has 0 aromatic rings. The molecule has 1 heterocycles. The molecule has 1 aliphatic heterocycles. The topological polar surface area (TPSA) is 46.6 Å². The van der Waals surface area contributed by atoms with Gasteiger partial charge in [0.2, 0.25) is 0 Å². The lowest BCUT2D eigenvalue weighted by molar-refractivity contribution is -0.113. The molecule has 1 saturated heterocycles. The molecule has 1 amide bonds. The van der Waals surface area contributed by atoms with E-state index in [1.165, 1.54) is 0 Å². The van der Waals surface area contributed by atoms with Crippen molar-refractivity contribution in [3.8, 4) is 0 Å². The maximum Gasteiger partial charge on any atom is 0.411 e. The molecule has 0 bridgehead atoms. The second-order valence-electron chi connectivity index (χ2n) is 6.32. The van der Waals surface area contributed by atoms with Gasteiger partial charge >= 0.3 is 6.09 Å². The highest BCUT2D eigenvalue weighted by molar-refractivity contribution is 5.74. The Labute approximate surface area is 116 Å². The highest BCUT2D eigenvalue weighted by Gasteiger charge is 2.34. The zero-order valence-corrected chi connectivity index (χ0v) is 12.6. The summed E-state index contributed by atoms with van der Waals surface area (Å²) < 4.78 is 5.47. The smallest absolute Gasteiger partial charge is 0.411 e. The number of hydrogen-bond donors (Lipinski definition) is 0. The minimum atomic E-state index is -0.520. The van der Waals surface area contributed by atoms with Gasteiger partial charge in [-0.25, -0.2) is 4.79 Å². The van der Waals surface area contributed by atoms with Crippen molar-refractivity contribution in [1.82, 2.24) is 4.90 Å². The number of carbonyl (C=O) groups is 2. The van der Waals surface area contributed by atoms with Crippen LogP contribution in [0.1, 0.15) is 66.2 Å². The van der Waals surface area contributed by atoms with E-state index in [9.17, 15) is 9.59 Å². The van der Waals surface area contributed by atoms with Gasteiger partial charge in [0.1, 0.15) is 11.9 Å². The fourth-order valence-corrected chi connectivity index (χ4v) is 2.63. The molecule has 1 fully saturated rings. The average Bonchev–Trinajstić information content (AvgIpc) is 2.49. The van der Waals surface area contributed by atoms with E-state index >= 15 is 0 Å². The molecule has 4 nitrogen and oxygen atoms in total. The number of carbonyl (C=O) groups excluding carboxylic acids is 2. The molecule has 0 radical (unpaired) electrons. The monoisotopic (exact) mass is 269 g/mol. The van der Waals surface area contributed by atoms with Crippen LogP contribution < -0.4 is 0 Å². The first kappa shape index (κ1) is 16.0. The number of hydrogen-bond acceptors (Lipinski definition) is 3. The summed E-state index contributed by atoms with van der Waals surface area (Å²) in [5.41, 5.74) is -0.520. The third kappa shape index (κ3) is 4.84. The van der Waals surface area contributed by atoms with Crippen molar-refractivity contribution in [2.45, 2.75) is 83.9 Å². The van der Waals surface area contributed by atoms with Gasteiger partial charge in [0.15, 0.2) is 0 Å². The van der Waals surface area contributed by atoms with Crippen LogP contribution in [-0.4, -0.2) is 35.0 Å². The van der Waals surface area contributed by atoms with Crippen LogP contribution in [0.25, 0.3) is 0 Å². The van der Waals surface area contributed by atoms with Crippen LogP contribution in [0.4, 0.5) is 4.79 Å². The summed E-state index contributed by atoms with van der Waals surface area (Å²) >= 11 is 0. The third-order valence-electron chi connectivity index (χ3n) is 3.42. The molecule has 19 heavy (non-hydrogen) atoms. The quantitative estimate of drug-likeness (QED) is 0.736. The Morgan fingerprint density at radius 3 is 2.47 bits per heavy atom. The Morgan fingerprint density at radius 1 is 1.32 bits per heavy atom. The van der Waals surface area contributed by atoms with E-state index in [0.29, 0.717) is 0 Å². The van der Waals surface area contributed by atoms with Crippen LogP contribution in [0, 0.1) is 0 Å². The van der Waals surface area contributed by atoms with Gasteiger partial charge in [-0.1, -0.05) is 26.2 Å². The van der Waals surface area contributed by atoms with Gasteiger partial charge in [0.25, 0.3) is 0 Å². The van der Waals surface area contributed by atoms with E-state index < -0.39 is 5.60 Å². The molecule has 0 aromatic carbocycles. The molecule has 0 saturated carbocycles. The van der Waals surface area contributed by atoms with Gasteiger partial charge in [-0.05, 0) is 40.0 Å². The number of amides is 1. The molecule has 1 rings (SSSR count). The zero-order chi connectivity index (χ0) is 14.5. The molecule has 1 aliphatic rings. The fraction of sp³-hybridized carbons (Fsp3) is 0.867. The van der Waals surface area contributed by atoms with Gasteiger partial charge in [0.05, 0.1) is 6.04 Å². The molecule has 2 unspecified atom stereocenters. The highest BCUT2D eigenvalue weighted by Crippen LogP contribution is 2.26. The van der Waals surface area contributed by atoms with E-state index in [-0.39, 0.29) is 18.2 Å². The number of likely N-dealkylation sites (tertiary alicyclic amines) is 1. The van der Waals surface area contributed by atoms with Crippen LogP contribution in [0.5, 0.6) is 0 Å². The minimum absolute atomic E-state index is 0.137. The summed E-state index contributed by atoms with van der Waals surface area (Å²) in [4.78, 5) is 25.3. The molecule has 0 aromatic heterocycles. The first-order valence-electron chi connectivity index (χ1n) is 7.35. The molecular formula is C15H27NO3. The van der Waals surface area contributed by atoms with E-state index in [1.54, 1.807) is 4.90 Å². The molecule has 2 atom stereocenters. The van der Waals surface area contributed by atoms with Crippen molar-refractivity contribution in [3.63, 3.8) is 0 Å². The third-order valence-corrected chi connectivity index (χ3v) is 3.42. The normalized spacial score (nSPS) is 24.7. The SMILES string of the molecule is CCCC1CCCCC(C=O)N1C(=O)OC(C)(C)C. The summed E-state index contributed by atoms with van der Waals surface area (Å²) in [5, 5.41) is 0. The maximum atomic E-state index is 12.4. The Morgan fingerprint density at radius 2 is 1.95 bits per heavy atom. The Kier molecular flexibility index (Phi) is 5.83. The molecule has 0 aliphatic carbocycles. The molecule has 0 N–H and O–H groups in total. The van der Waals surface area contributed by atoms with Crippen molar-refractivity contribution in [1.29, 1.82) is 0 Å². The number of ether oxygens (including phenoxy) is 1. The summed E-state index contributed by atoms with van der Waals surface area (Å²) in [6.07, 6.45) is 6.30. The highest BCUT2D eigenvalue weighted by atomic mass is 16.6. The van der Waals surface area contributed by atoms with E-state index in [4.69, 9.17) is 4.74 Å². The zero-order valence-electron chi connectivity index (χ0n) is 12.6. The van der Waals surface area contributed by atoms with Crippen LogP contribution in [0.15, 0.2) is 0 Å². The van der Waals surface area contributed by atoms with Crippen molar-refractivity contribution < 1.29 is 14.3 Å². The largest absolute Gasteiger partial charge is 0.444 e. The van der Waals surface area contributed by atoms with E-state index in [2.05, 4.69) is 6.92 Å². The van der Waals surface area contributed by atoms with Crippen LogP contribution in [0.2, 0.25) is 0 Å². The number of aldehydes is 1. The summed E-state index contributed by atoms with van der Waals surface area (Å²) in [6, 6.07) is -0.188. The van der Waals surface area contributed by atoms with Gasteiger partial charge in [-0.2, -0.15) is 0 Å². The summed E-state index contributed by atoms with van der Waals surface area (Å²) in [5.74, 6) is 0. The van der Waals surface area contributed by atoms with Crippen molar-refractivity contribution in [3.05, 3.63) is 0 Å². The van der Waals surface area contributed by atoms with Crippen molar-refractivity contribution in [2.75, 3.05) is 0 Å². The maximum absolute atomic E-state index is 12.4. The summed E-state index contributed by atoms with van der Waals surface area (Å²) in [7, 11) is 0. The standard InChI is InChI=1S/C15H27NO3/c1-5-8-12-9-6-7-10-13(11-17)16(12)14(18)19-15(2,3)4/h11-13H,5-10H2,1-4H3. The molecular weight excluding hydrogens is 242 g/mol. The van der Waals surface area contributed by atoms with E-state index in [0.717, 1.165) is 44.8 Å². The second kappa shape index (κ2) is 6.92. The van der Waals surface area contributed by atoms with Gasteiger partial charge in [-0.15, -0.1) is 0 Å². The van der Waals surface area contributed by atoms with Crippen LogP contribution >= 0.6 is 0 Å². The molecule has 4 heteroatoms. The van der Waals surface area contributed by atoms with Crippen LogP contribution in [-0.2, 0) is 9.53 Å². The second-order valence-corrected chi connectivity index (χ2v) is 6.32. The Bertz CT molecular complexity index is 309. The molecule has 110 valence electrons. The first-order valence-corrected chi connectivity index (χ1v) is 7.35. The van der Waals surface area contributed by atoms with Crippen molar-refractivity contribution >= 4 is 12.4 Å². The molecule has 0 spiro atoms. The lowest BCUT2D eigenvalue weighted by atomic mass is 10.1. The lowest BCUT2D eigenvalue weighted by Crippen LogP contribution is -2.49. The predicted octanol–water partition coefficient (Wildman–Crippen LogP) is 3.53. The number of rotatable bonds is 3. The van der Waals surface area contributed by atoms with Gasteiger partial charge in [0, 0.05) is 6.04 Å². The van der Waals surface area contributed by atoms with Crippen molar-refractivity contribution in [2.24, 2.45) is 0 Å². The first-order chi connectivity index (χ1) is 8.89. The van der Waals surface area contributed by atoms with Crippen LogP contribution in [0.3, 0.4) is 0 Å². The summed E-state index contributed by atoms with van der Waals surface area (Å²) in [6.45, 7) is 7.67. The Hall–Kier alpha value is -1.06. The lowest BCUT2D eigenvalue weighted by Gasteiger charge is -2.35. The minimum Gasteiger partial charge on any atom is -0.444 e.